The summed E-state index contributed by atoms with van der Waals surface area (Å²) in [6, 6.07) is 21.4. The maximum atomic E-state index is 12.8. The molecule has 2 N–H and O–H groups in total. The molecule has 302 valence electrons. The summed E-state index contributed by atoms with van der Waals surface area (Å²) in [6.07, 6.45) is 1.77. The molecule has 0 aliphatic carbocycles. The minimum absolute atomic E-state index is 0.000291. The molecule has 0 spiro atoms. The minimum Gasteiger partial charge on any atom is -0.379 e. The SMILES string of the molecule is CCCOCCOCCOCCOCCOCCOCCOCCNC(=O)c1ccc(-c2ccc3c(c2)[C@H](Nc2ccc(Cl)cc2)C[C@H](C)N3C(C)=O)cc1. The number of nitrogens with one attached hydrogen (secondary N) is 2. The van der Waals surface area contributed by atoms with Gasteiger partial charge >= 0.3 is 0 Å². The smallest absolute Gasteiger partial charge is 0.251 e. The summed E-state index contributed by atoms with van der Waals surface area (Å²) < 4.78 is 38.4. The zero-order valence-electron chi connectivity index (χ0n) is 32.5. The van der Waals surface area contributed by atoms with Gasteiger partial charge in [-0.3, -0.25) is 9.59 Å². The fourth-order valence-corrected chi connectivity index (χ4v) is 6.25. The summed E-state index contributed by atoms with van der Waals surface area (Å²) in [6.45, 7) is 13.4. The Labute approximate surface area is 331 Å². The molecule has 3 aromatic rings. The lowest BCUT2D eigenvalue weighted by Crippen LogP contribution is -2.43. The zero-order chi connectivity index (χ0) is 39.1. The van der Waals surface area contributed by atoms with Gasteiger partial charge in [-0.2, -0.15) is 0 Å². The van der Waals surface area contributed by atoms with Gasteiger partial charge in [-0.05, 0) is 85.0 Å². The first-order valence-corrected chi connectivity index (χ1v) is 19.6. The summed E-state index contributed by atoms with van der Waals surface area (Å²) in [4.78, 5) is 27.3. The van der Waals surface area contributed by atoms with Crippen LogP contribution in [-0.2, 0) is 38.0 Å². The Balaban J connectivity index is 1.06. The van der Waals surface area contributed by atoms with E-state index in [0.29, 0.717) is 103 Å². The van der Waals surface area contributed by atoms with Gasteiger partial charge in [0.1, 0.15) is 0 Å². The summed E-state index contributed by atoms with van der Waals surface area (Å²) in [5.41, 5.74) is 5.45. The van der Waals surface area contributed by atoms with Crippen molar-refractivity contribution in [3.05, 3.63) is 82.9 Å². The Morgan fingerprint density at radius 3 is 1.67 bits per heavy atom. The molecule has 0 aromatic heterocycles. The highest BCUT2D eigenvalue weighted by molar-refractivity contribution is 6.30. The van der Waals surface area contributed by atoms with E-state index in [1.807, 2.05) is 65.6 Å². The summed E-state index contributed by atoms with van der Waals surface area (Å²) in [7, 11) is 0. The van der Waals surface area contributed by atoms with Crippen molar-refractivity contribution in [1.29, 1.82) is 0 Å². The van der Waals surface area contributed by atoms with Gasteiger partial charge in [-0.1, -0.05) is 36.7 Å². The van der Waals surface area contributed by atoms with E-state index in [0.717, 1.165) is 47.5 Å². The van der Waals surface area contributed by atoms with Crippen LogP contribution in [0, 0.1) is 0 Å². The van der Waals surface area contributed by atoms with E-state index in [1.54, 1.807) is 6.92 Å². The molecule has 0 unspecified atom stereocenters. The topological polar surface area (TPSA) is 126 Å². The number of benzene rings is 3. The maximum Gasteiger partial charge on any atom is 0.251 e. The molecule has 3 aromatic carbocycles. The number of fused-ring (bicyclic) bond motifs is 1. The molecule has 0 saturated heterocycles. The van der Waals surface area contributed by atoms with Crippen LogP contribution < -0.4 is 15.5 Å². The van der Waals surface area contributed by atoms with Crippen molar-refractivity contribution in [3.63, 3.8) is 0 Å². The van der Waals surface area contributed by atoms with Crippen LogP contribution in [0.4, 0.5) is 11.4 Å². The third-order valence-corrected chi connectivity index (χ3v) is 9.05. The molecule has 0 saturated carbocycles. The molecule has 12 nitrogen and oxygen atoms in total. The first-order chi connectivity index (χ1) is 26.9. The van der Waals surface area contributed by atoms with Gasteiger partial charge in [0.2, 0.25) is 5.91 Å². The normalized spacial score (nSPS) is 15.2. The van der Waals surface area contributed by atoms with Crippen LogP contribution in [0.5, 0.6) is 0 Å². The Kier molecular flexibility index (Phi) is 20.5. The van der Waals surface area contributed by atoms with Crippen LogP contribution in [0.15, 0.2) is 66.7 Å². The van der Waals surface area contributed by atoms with Crippen molar-refractivity contribution in [3.8, 4) is 11.1 Å². The van der Waals surface area contributed by atoms with Crippen LogP contribution in [0.3, 0.4) is 0 Å². The van der Waals surface area contributed by atoms with Crippen molar-refractivity contribution in [2.75, 3.05) is 109 Å². The van der Waals surface area contributed by atoms with Gasteiger partial charge in [0.25, 0.3) is 5.91 Å². The molecular formula is C42H58ClN3O9. The van der Waals surface area contributed by atoms with E-state index >= 15 is 0 Å². The lowest BCUT2D eigenvalue weighted by Gasteiger charge is -2.39. The van der Waals surface area contributed by atoms with Gasteiger partial charge in [-0.15, -0.1) is 0 Å². The van der Waals surface area contributed by atoms with Crippen LogP contribution in [0.1, 0.15) is 55.6 Å². The predicted molar refractivity (Wildman–Crippen MR) is 215 cm³/mol. The molecule has 13 heteroatoms. The number of anilines is 2. The van der Waals surface area contributed by atoms with E-state index in [9.17, 15) is 9.59 Å². The predicted octanol–water partition coefficient (Wildman–Crippen LogP) is 6.56. The molecule has 0 radical (unpaired) electrons. The number of hydrogen-bond donors (Lipinski definition) is 2. The third kappa shape index (κ3) is 15.8. The Hall–Kier alpha value is -3.59. The van der Waals surface area contributed by atoms with Crippen molar-refractivity contribution >= 4 is 34.8 Å². The van der Waals surface area contributed by atoms with Crippen LogP contribution in [-0.4, -0.2) is 117 Å². The molecule has 55 heavy (non-hydrogen) atoms. The number of carbonyl (C=O) groups excluding carboxylic acids is 2. The van der Waals surface area contributed by atoms with E-state index < -0.39 is 0 Å². The molecule has 1 aliphatic heterocycles. The minimum atomic E-state index is -0.169. The van der Waals surface area contributed by atoms with Gasteiger partial charge in [-0.25, -0.2) is 0 Å². The van der Waals surface area contributed by atoms with Crippen molar-refractivity contribution in [2.24, 2.45) is 0 Å². The van der Waals surface area contributed by atoms with Gasteiger partial charge in [0.05, 0.1) is 91.9 Å². The lowest BCUT2D eigenvalue weighted by atomic mass is 9.88. The Bertz CT molecular complexity index is 1540. The van der Waals surface area contributed by atoms with E-state index in [2.05, 4.69) is 30.5 Å². The third-order valence-electron chi connectivity index (χ3n) is 8.80. The number of amides is 2. The first-order valence-electron chi connectivity index (χ1n) is 19.3. The summed E-state index contributed by atoms with van der Waals surface area (Å²) in [5.74, 6) is -0.155. The second kappa shape index (κ2) is 25.5. The van der Waals surface area contributed by atoms with Crippen LogP contribution >= 0.6 is 11.6 Å². The molecule has 1 heterocycles. The van der Waals surface area contributed by atoms with Gasteiger partial charge in [0.15, 0.2) is 0 Å². The first kappa shape index (κ1) is 44.1. The Morgan fingerprint density at radius 2 is 1.16 bits per heavy atom. The fraction of sp³-hybridized carbons (Fsp3) is 0.524. The quantitative estimate of drug-likeness (QED) is 0.0822. The molecule has 4 rings (SSSR count). The fourth-order valence-electron chi connectivity index (χ4n) is 6.13. The number of ether oxygens (including phenoxy) is 7. The van der Waals surface area contributed by atoms with Gasteiger partial charge in [0, 0.05) is 48.1 Å². The van der Waals surface area contributed by atoms with Gasteiger partial charge < -0.3 is 48.7 Å². The molecular weight excluding hydrogens is 726 g/mol. The largest absolute Gasteiger partial charge is 0.379 e. The summed E-state index contributed by atoms with van der Waals surface area (Å²) >= 11 is 6.11. The number of halogens is 1. The highest BCUT2D eigenvalue weighted by Gasteiger charge is 2.32. The number of nitrogens with zero attached hydrogens (tertiary/aromatic N) is 1. The monoisotopic (exact) mass is 783 g/mol. The van der Waals surface area contributed by atoms with E-state index in [1.165, 1.54) is 0 Å². The van der Waals surface area contributed by atoms with E-state index in [4.69, 9.17) is 44.8 Å². The van der Waals surface area contributed by atoms with Crippen molar-refractivity contribution in [2.45, 2.75) is 45.7 Å². The molecule has 1 aliphatic rings. The molecule has 2 amide bonds. The van der Waals surface area contributed by atoms with Crippen LogP contribution in [0.25, 0.3) is 11.1 Å². The van der Waals surface area contributed by atoms with Crippen LogP contribution in [0.2, 0.25) is 5.02 Å². The number of carbonyl (C=O) groups is 2. The highest BCUT2D eigenvalue weighted by Crippen LogP contribution is 2.41. The zero-order valence-corrected chi connectivity index (χ0v) is 33.3. The van der Waals surface area contributed by atoms with Crippen molar-refractivity contribution < 1.29 is 42.7 Å². The number of rotatable bonds is 27. The second-order valence-electron chi connectivity index (χ2n) is 13.1. The van der Waals surface area contributed by atoms with Crippen molar-refractivity contribution in [1.82, 2.24) is 5.32 Å². The summed E-state index contributed by atoms with van der Waals surface area (Å²) in [5, 5.41) is 7.22. The molecule has 2 atom stereocenters. The Morgan fingerprint density at radius 1 is 0.673 bits per heavy atom. The molecule has 0 bridgehead atoms. The maximum absolute atomic E-state index is 12.8. The average molecular weight is 784 g/mol. The molecule has 0 fully saturated rings. The highest BCUT2D eigenvalue weighted by atomic mass is 35.5. The standard InChI is InChI=1S/C42H58ClN3O9/c1-4-16-49-18-20-51-22-24-53-26-28-55-29-27-54-25-23-52-21-19-50-17-15-44-42(48)35-7-5-34(6-8-35)36-9-14-41-39(31-36)40(30-32(2)46(41)33(3)47)45-38-12-10-37(43)11-13-38/h5-14,31-32,40,45H,4,15-30H2,1-3H3,(H,44,48)/t32-,40+/m0/s1. The lowest BCUT2D eigenvalue weighted by molar-refractivity contribution is -0.117. The van der Waals surface area contributed by atoms with E-state index in [-0.39, 0.29) is 23.9 Å². The average Bonchev–Trinajstić information content (AvgIpc) is 3.18. The number of hydrogen-bond acceptors (Lipinski definition) is 10. The second-order valence-corrected chi connectivity index (χ2v) is 13.5.